The van der Waals surface area contributed by atoms with Gasteiger partial charge in [-0.1, -0.05) is 11.6 Å². The molecule has 6 heteroatoms. The number of hydrogen-bond acceptors (Lipinski definition) is 3. The number of nitrogens with zero attached hydrogens (tertiary/aromatic N) is 1. The first-order valence-corrected chi connectivity index (χ1v) is 6.73. The Balaban J connectivity index is 2.76. The normalized spacial score (nSPS) is 15.7. The van der Waals surface area contributed by atoms with Crippen molar-refractivity contribution in [2.75, 3.05) is 0 Å². The molecule has 0 spiro atoms. The van der Waals surface area contributed by atoms with Crippen molar-refractivity contribution in [1.29, 1.82) is 0 Å². The minimum atomic E-state index is -1.21. The van der Waals surface area contributed by atoms with E-state index in [1.54, 1.807) is 6.92 Å². The fourth-order valence-electron chi connectivity index (χ4n) is 1.06. The summed E-state index contributed by atoms with van der Waals surface area (Å²) in [6, 6.07) is 1.18. The second-order valence-corrected chi connectivity index (χ2v) is 7.15. The van der Waals surface area contributed by atoms with Gasteiger partial charge in [0, 0.05) is 11.4 Å². The zero-order valence-electron chi connectivity index (χ0n) is 10.3. The van der Waals surface area contributed by atoms with Gasteiger partial charge in [-0.15, -0.1) is 4.72 Å². The van der Waals surface area contributed by atoms with E-state index in [4.69, 9.17) is 11.6 Å². The van der Waals surface area contributed by atoms with Crippen LogP contribution in [0.1, 0.15) is 39.4 Å². The van der Waals surface area contributed by atoms with Gasteiger partial charge in [0.2, 0.25) is 0 Å². The van der Waals surface area contributed by atoms with E-state index in [-0.39, 0.29) is 15.8 Å². The second kappa shape index (κ2) is 5.52. The van der Waals surface area contributed by atoms with Gasteiger partial charge in [0.15, 0.2) is 5.82 Å². The van der Waals surface area contributed by atoms with E-state index in [0.29, 0.717) is 5.69 Å². The monoisotopic (exact) mass is 278 g/mol. The lowest BCUT2D eigenvalue weighted by Gasteiger charge is -2.26. The lowest BCUT2D eigenvalue weighted by Crippen LogP contribution is -2.40. The Morgan fingerprint density at radius 3 is 2.59 bits per heavy atom. The standard InChI is InChI=1S/C11H16ClFN2OS/c1-7(15-17(16)11(2,3)4)10-5-8(12)9(13)6-14-10/h5-7,15H,1-4H3. The number of hydrogen-bond donors (Lipinski definition) is 1. The Kier molecular flexibility index (Phi) is 4.77. The zero-order valence-corrected chi connectivity index (χ0v) is 11.8. The molecule has 0 saturated carbocycles. The minimum absolute atomic E-state index is 0.0187. The fraction of sp³-hybridized carbons (Fsp3) is 0.545. The fourth-order valence-corrected chi connectivity index (χ4v) is 2.02. The van der Waals surface area contributed by atoms with E-state index in [9.17, 15) is 8.94 Å². The van der Waals surface area contributed by atoms with Crippen molar-refractivity contribution in [2.45, 2.75) is 38.5 Å². The zero-order chi connectivity index (χ0) is 13.2. The maximum atomic E-state index is 12.9. The van der Waals surface area contributed by atoms with Gasteiger partial charge in [-0.05, 0) is 33.8 Å². The molecule has 2 atom stereocenters. The molecule has 96 valence electrons. The second-order valence-electron chi connectivity index (χ2n) is 4.74. The summed E-state index contributed by atoms with van der Waals surface area (Å²) in [5, 5.41) is 0.0187. The molecule has 0 radical (unpaired) electrons. The molecule has 1 rings (SSSR count). The number of aromatic nitrogens is 1. The molecule has 0 aliphatic rings. The molecule has 0 bridgehead atoms. The summed E-state index contributed by atoms with van der Waals surface area (Å²) in [5.41, 5.74) is 0.564. The van der Waals surface area contributed by atoms with Crippen molar-refractivity contribution >= 4 is 23.0 Å². The van der Waals surface area contributed by atoms with Crippen molar-refractivity contribution in [1.82, 2.24) is 9.71 Å². The van der Waals surface area contributed by atoms with Crippen molar-refractivity contribution in [2.24, 2.45) is 0 Å². The van der Waals surface area contributed by atoms with Crippen LogP contribution in [-0.2, 0) is 11.4 Å². The molecular weight excluding hydrogens is 263 g/mol. The van der Waals surface area contributed by atoms with Crippen LogP contribution < -0.4 is 4.72 Å². The molecule has 1 aromatic rings. The first-order chi connectivity index (χ1) is 7.71. The van der Waals surface area contributed by atoms with Crippen molar-refractivity contribution < 1.29 is 8.94 Å². The molecule has 17 heavy (non-hydrogen) atoms. The van der Waals surface area contributed by atoms with Crippen LogP contribution >= 0.6 is 11.6 Å². The molecule has 0 saturated heterocycles. The molecule has 1 N–H and O–H groups in total. The van der Waals surface area contributed by atoms with Crippen LogP contribution in [0.25, 0.3) is 0 Å². The SMILES string of the molecule is CC(N[S+]([O-])C(C)(C)C)c1cc(Cl)c(F)cn1. The van der Waals surface area contributed by atoms with Gasteiger partial charge >= 0.3 is 0 Å². The Hall–Kier alpha value is -0.360. The summed E-state index contributed by atoms with van der Waals surface area (Å²) in [6.45, 7) is 7.41. The molecule has 0 aromatic carbocycles. The van der Waals surface area contributed by atoms with Gasteiger partial charge < -0.3 is 4.55 Å². The third-order valence-electron chi connectivity index (χ3n) is 2.11. The van der Waals surface area contributed by atoms with Crippen molar-refractivity contribution in [3.8, 4) is 0 Å². The topological polar surface area (TPSA) is 48.0 Å². The molecular formula is C11H16ClFN2OS. The molecule has 0 amide bonds. The molecule has 0 aliphatic heterocycles. The third kappa shape index (κ3) is 4.10. The summed E-state index contributed by atoms with van der Waals surface area (Å²) in [4.78, 5) is 3.92. The van der Waals surface area contributed by atoms with Gasteiger partial charge in [-0.25, -0.2) is 4.39 Å². The van der Waals surface area contributed by atoms with Crippen LogP contribution in [0, 0.1) is 5.82 Å². The molecule has 1 heterocycles. The summed E-state index contributed by atoms with van der Waals surface area (Å²) in [6.07, 6.45) is 1.07. The molecule has 0 fully saturated rings. The van der Waals surface area contributed by atoms with Crippen LogP contribution in [0.2, 0.25) is 5.02 Å². The maximum Gasteiger partial charge on any atom is 0.160 e. The highest BCUT2D eigenvalue weighted by Gasteiger charge is 2.28. The van der Waals surface area contributed by atoms with Gasteiger partial charge in [-0.3, -0.25) is 4.98 Å². The highest BCUT2D eigenvalue weighted by molar-refractivity contribution is 7.90. The summed E-state index contributed by atoms with van der Waals surface area (Å²) < 4.78 is 27.4. The first-order valence-electron chi connectivity index (χ1n) is 5.21. The van der Waals surface area contributed by atoms with Crippen molar-refractivity contribution in [3.05, 3.63) is 28.8 Å². The Bertz CT molecular complexity index is 398. The largest absolute Gasteiger partial charge is 0.598 e. The molecule has 0 aliphatic carbocycles. The minimum Gasteiger partial charge on any atom is -0.598 e. The lowest BCUT2D eigenvalue weighted by atomic mass is 10.2. The van der Waals surface area contributed by atoms with Crippen molar-refractivity contribution in [3.63, 3.8) is 0 Å². The number of pyridine rings is 1. The van der Waals surface area contributed by atoms with Gasteiger partial charge in [-0.2, -0.15) is 0 Å². The third-order valence-corrected chi connectivity index (χ3v) is 4.08. The average Bonchev–Trinajstić information content (AvgIpc) is 2.20. The number of rotatable bonds is 3. The smallest absolute Gasteiger partial charge is 0.160 e. The Labute approximate surface area is 109 Å². The van der Waals surface area contributed by atoms with Crippen LogP contribution in [-0.4, -0.2) is 14.3 Å². The predicted molar refractivity (Wildman–Crippen MR) is 68.7 cm³/mol. The summed E-state index contributed by atoms with van der Waals surface area (Å²) in [7, 11) is 0. The number of nitrogens with one attached hydrogen (secondary N) is 1. The van der Waals surface area contributed by atoms with E-state index in [2.05, 4.69) is 9.71 Å². The van der Waals surface area contributed by atoms with Gasteiger partial charge in [0.25, 0.3) is 0 Å². The lowest BCUT2D eigenvalue weighted by molar-refractivity contribution is 0.528. The number of halogens is 2. The van der Waals surface area contributed by atoms with Crippen LogP contribution in [0.15, 0.2) is 12.3 Å². The van der Waals surface area contributed by atoms with E-state index in [1.807, 2.05) is 20.8 Å². The predicted octanol–water partition coefficient (Wildman–Crippen LogP) is 2.99. The Morgan fingerprint density at radius 2 is 2.12 bits per heavy atom. The van der Waals surface area contributed by atoms with E-state index in [1.165, 1.54) is 6.07 Å². The highest BCUT2D eigenvalue weighted by atomic mass is 35.5. The summed E-state index contributed by atoms with van der Waals surface area (Å²) >= 11 is 4.46. The molecule has 3 nitrogen and oxygen atoms in total. The van der Waals surface area contributed by atoms with Crippen LogP contribution in [0.3, 0.4) is 0 Å². The van der Waals surface area contributed by atoms with Gasteiger partial charge in [0.1, 0.15) is 4.75 Å². The first kappa shape index (κ1) is 14.7. The van der Waals surface area contributed by atoms with E-state index >= 15 is 0 Å². The summed E-state index contributed by atoms with van der Waals surface area (Å²) in [5.74, 6) is -0.556. The quantitative estimate of drug-likeness (QED) is 0.865. The van der Waals surface area contributed by atoms with E-state index in [0.717, 1.165) is 6.20 Å². The van der Waals surface area contributed by atoms with Crippen LogP contribution in [0.4, 0.5) is 4.39 Å². The van der Waals surface area contributed by atoms with Crippen LogP contribution in [0.5, 0.6) is 0 Å². The van der Waals surface area contributed by atoms with Gasteiger partial charge in [0.05, 0.1) is 23.0 Å². The average molecular weight is 279 g/mol. The highest BCUT2D eigenvalue weighted by Crippen LogP contribution is 2.21. The maximum absolute atomic E-state index is 12.9. The molecule has 1 aromatic heterocycles. The molecule has 2 unspecified atom stereocenters. The Morgan fingerprint density at radius 1 is 1.53 bits per heavy atom. The van der Waals surface area contributed by atoms with E-state index < -0.39 is 17.2 Å².